The molecule has 0 aliphatic carbocycles. The van der Waals surface area contributed by atoms with Crippen molar-refractivity contribution in [3.63, 3.8) is 0 Å². The summed E-state index contributed by atoms with van der Waals surface area (Å²) in [5.74, 6) is -0.185. The lowest BCUT2D eigenvalue weighted by atomic mass is 9.92. The van der Waals surface area contributed by atoms with Crippen LogP contribution in [-0.4, -0.2) is 31.2 Å². The summed E-state index contributed by atoms with van der Waals surface area (Å²) in [6.07, 6.45) is 2.18. The van der Waals surface area contributed by atoms with Crippen molar-refractivity contribution in [2.45, 2.75) is 25.8 Å². The van der Waals surface area contributed by atoms with Crippen molar-refractivity contribution in [1.29, 1.82) is 0 Å². The average Bonchev–Trinajstić information content (AvgIpc) is 2.49. The van der Waals surface area contributed by atoms with Crippen molar-refractivity contribution in [1.82, 2.24) is 5.32 Å². The Bertz CT molecular complexity index is 518. The number of piperidine rings is 1. The monoisotopic (exact) mass is 297 g/mol. The lowest BCUT2D eigenvalue weighted by Crippen LogP contribution is -2.38. The number of hydrogen-bond donors (Lipinski definition) is 2. The predicted molar refractivity (Wildman–Crippen MR) is 78.3 cm³/mol. The van der Waals surface area contributed by atoms with Gasteiger partial charge in [-0.1, -0.05) is 0 Å². The van der Waals surface area contributed by atoms with E-state index in [0.717, 1.165) is 32.0 Å². The van der Waals surface area contributed by atoms with Gasteiger partial charge in [-0.05, 0) is 38.8 Å². The maximum atomic E-state index is 14.0. The van der Waals surface area contributed by atoms with E-state index >= 15 is 0 Å². The van der Waals surface area contributed by atoms with Gasteiger partial charge in [-0.25, -0.2) is 4.39 Å². The lowest BCUT2D eigenvalue weighted by molar-refractivity contribution is -0.385. The summed E-state index contributed by atoms with van der Waals surface area (Å²) in [7, 11) is 1.33. The van der Waals surface area contributed by atoms with Crippen molar-refractivity contribution < 1.29 is 14.1 Å². The molecule has 0 radical (unpaired) electrons. The first-order valence-corrected chi connectivity index (χ1v) is 7.02. The highest BCUT2D eigenvalue weighted by atomic mass is 19.1. The molecule has 6 nitrogen and oxygen atoms in total. The number of nitrogens with zero attached hydrogens (tertiary/aromatic N) is 1. The zero-order valence-corrected chi connectivity index (χ0v) is 12.2. The third-order valence-electron chi connectivity index (χ3n) is 3.89. The molecule has 1 fully saturated rings. The van der Waals surface area contributed by atoms with E-state index in [1.807, 2.05) is 6.92 Å². The highest BCUT2D eigenvalue weighted by Gasteiger charge is 2.23. The van der Waals surface area contributed by atoms with E-state index in [1.54, 1.807) is 0 Å². The van der Waals surface area contributed by atoms with Crippen LogP contribution in [0.3, 0.4) is 0 Å². The molecule has 0 amide bonds. The topological polar surface area (TPSA) is 76.4 Å². The van der Waals surface area contributed by atoms with Crippen LogP contribution in [0.2, 0.25) is 0 Å². The number of rotatable bonds is 5. The van der Waals surface area contributed by atoms with Crippen LogP contribution in [-0.2, 0) is 0 Å². The van der Waals surface area contributed by atoms with Gasteiger partial charge >= 0.3 is 5.69 Å². The zero-order chi connectivity index (χ0) is 15.4. The van der Waals surface area contributed by atoms with Crippen LogP contribution >= 0.6 is 0 Å². The Balaban J connectivity index is 2.17. The van der Waals surface area contributed by atoms with Crippen LogP contribution in [0.5, 0.6) is 5.75 Å². The summed E-state index contributed by atoms with van der Waals surface area (Å²) in [6.45, 7) is 3.90. The van der Waals surface area contributed by atoms with Gasteiger partial charge < -0.3 is 15.4 Å². The zero-order valence-electron chi connectivity index (χ0n) is 12.2. The summed E-state index contributed by atoms with van der Waals surface area (Å²) in [5, 5.41) is 17.3. The molecule has 2 rings (SSSR count). The largest absolute Gasteiger partial charge is 0.490 e. The van der Waals surface area contributed by atoms with E-state index in [1.165, 1.54) is 13.2 Å². The van der Waals surface area contributed by atoms with Gasteiger partial charge in [0.05, 0.1) is 23.8 Å². The van der Waals surface area contributed by atoms with Crippen LogP contribution in [0.25, 0.3) is 0 Å². The van der Waals surface area contributed by atoms with E-state index in [9.17, 15) is 14.5 Å². The number of halogens is 1. The predicted octanol–water partition coefficient (Wildman–Crippen LogP) is 2.54. The Hall–Kier alpha value is -1.89. The van der Waals surface area contributed by atoms with Gasteiger partial charge in [0.1, 0.15) is 0 Å². The Morgan fingerprint density at radius 1 is 1.57 bits per heavy atom. The standard InChI is InChI=1S/C14H20FN3O3/c1-9(10-4-3-5-16-8-10)17-12-7-14(21-2)13(18(19)20)6-11(12)15/h6-7,9-10,16-17H,3-5,8H2,1-2H3. The molecule has 1 aromatic rings. The minimum Gasteiger partial charge on any atom is -0.490 e. The number of hydrogen-bond acceptors (Lipinski definition) is 5. The van der Waals surface area contributed by atoms with Crippen molar-refractivity contribution in [3.8, 4) is 5.75 Å². The van der Waals surface area contributed by atoms with Gasteiger partial charge in [0.2, 0.25) is 0 Å². The second-order valence-electron chi connectivity index (χ2n) is 5.30. The molecule has 0 saturated carbocycles. The molecule has 0 spiro atoms. The maximum absolute atomic E-state index is 14.0. The fourth-order valence-corrected chi connectivity index (χ4v) is 2.63. The van der Waals surface area contributed by atoms with Crippen LogP contribution < -0.4 is 15.4 Å². The van der Waals surface area contributed by atoms with E-state index in [4.69, 9.17) is 4.74 Å². The normalized spacial score (nSPS) is 19.9. The average molecular weight is 297 g/mol. The summed E-state index contributed by atoms with van der Waals surface area (Å²) in [4.78, 5) is 10.2. The van der Waals surface area contributed by atoms with Gasteiger partial charge in [-0.15, -0.1) is 0 Å². The highest BCUT2D eigenvalue weighted by molar-refractivity contribution is 5.59. The van der Waals surface area contributed by atoms with Crippen molar-refractivity contribution >= 4 is 11.4 Å². The molecular weight excluding hydrogens is 277 g/mol. The van der Waals surface area contributed by atoms with Crippen molar-refractivity contribution in [2.24, 2.45) is 5.92 Å². The number of anilines is 1. The molecular formula is C14H20FN3O3. The van der Waals surface area contributed by atoms with Gasteiger partial charge in [-0.2, -0.15) is 0 Å². The van der Waals surface area contributed by atoms with Gasteiger partial charge in [0.15, 0.2) is 11.6 Å². The summed E-state index contributed by atoms with van der Waals surface area (Å²) < 4.78 is 19.0. The van der Waals surface area contributed by atoms with E-state index in [-0.39, 0.29) is 23.2 Å². The maximum Gasteiger partial charge on any atom is 0.313 e. The van der Waals surface area contributed by atoms with Crippen LogP contribution in [0.4, 0.5) is 15.8 Å². The molecule has 2 atom stereocenters. The van der Waals surface area contributed by atoms with Gasteiger partial charge in [-0.3, -0.25) is 10.1 Å². The second kappa shape index (κ2) is 6.71. The minimum atomic E-state index is -0.653. The molecule has 1 heterocycles. The molecule has 21 heavy (non-hydrogen) atoms. The Morgan fingerprint density at radius 2 is 2.33 bits per heavy atom. The first-order chi connectivity index (χ1) is 10.0. The molecule has 7 heteroatoms. The van der Waals surface area contributed by atoms with Crippen molar-refractivity contribution in [2.75, 3.05) is 25.5 Å². The first kappa shape index (κ1) is 15.5. The number of nitro groups is 1. The van der Waals surface area contributed by atoms with Gasteiger partial charge in [0.25, 0.3) is 0 Å². The van der Waals surface area contributed by atoms with Crippen LogP contribution in [0.1, 0.15) is 19.8 Å². The summed E-state index contributed by atoms with van der Waals surface area (Å²) >= 11 is 0. The molecule has 1 saturated heterocycles. The molecule has 2 unspecified atom stereocenters. The molecule has 0 aromatic heterocycles. The third-order valence-corrected chi connectivity index (χ3v) is 3.89. The highest BCUT2D eigenvalue weighted by Crippen LogP contribution is 2.33. The quantitative estimate of drug-likeness (QED) is 0.645. The Kier molecular flexibility index (Phi) is 4.95. The molecule has 1 aliphatic rings. The fraction of sp³-hybridized carbons (Fsp3) is 0.571. The molecule has 1 aromatic carbocycles. The number of benzene rings is 1. The van der Waals surface area contributed by atoms with E-state index < -0.39 is 10.7 Å². The smallest absolute Gasteiger partial charge is 0.313 e. The third kappa shape index (κ3) is 3.60. The Labute approximate surface area is 122 Å². The van der Waals surface area contributed by atoms with E-state index in [2.05, 4.69) is 10.6 Å². The molecule has 2 N–H and O–H groups in total. The number of nitrogens with one attached hydrogen (secondary N) is 2. The minimum absolute atomic E-state index is 0.0536. The second-order valence-corrected chi connectivity index (χ2v) is 5.30. The Morgan fingerprint density at radius 3 is 2.90 bits per heavy atom. The molecule has 116 valence electrons. The number of ether oxygens (including phenoxy) is 1. The van der Waals surface area contributed by atoms with Gasteiger partial charge in [0, 0.05) is 12.1 Å². The number of nitro benzene ring substituents is 1. The lowest BCUT2D eigenvalue weighted by Gasteiger charge is -2.29. The fourth-order valence-electron chi connectivity index (χ4n) is 2.63. The molecule has 0 bridgehead atoms. The van der Waals surface area contributed by atoms with Crippen molar-refractivity contribution in [3.05, 3.63) is 28.1 Å². The number of methoxy groups -OCH3 is 1. The summed E-state index contributed by atoms with van der Waals surface area (Å²) in [6, 6.07) is 2.31. The first-order valence-electron chi connectivity index (χ1n) is 7.02. The molecule has 1 aliphatic heterocycles. The van der Waals surface area contributed by atoms with Crippen LogP contribution in [0.15, 0.2) is 12.1 Å². The summed E-state index contributed by atoms with van der Waals surface area (Å²) in [5.41, 5.74) is -0.136. The van der Waals surface area contributed by atoms with Crippen LogP contribution in [0, 0.1) is 21.8 Å². The van der Waals surface area contributed by atoms with E-state index in [0.29, 0.717) is 5.92 Å². The SMILES string of the molecule is COc1cc(NC(C)C2CCCNC2)c(F)cc1[N+](=O)[O-].